The van der Waals surface area contributed by atoms with Crippen LogP contribution in [-0.2, 0) is 13.9 Å². The van der Waals surface area contributed by atoms with Crippen LogP contribution < -0.4 is 0 Å². The maximum Gasteiger partial charge on any atom is 0.192 e. The summed E-state index contributed by atoms with van der Waals surface area (Å²) in [6, 6.07) is 0. The monoisotopic (exact) mass is 372 g/mol. The van der Waals surface area contributed by atoms with E-state index in [-0.39, 0.29) is 23.5 Å². The molecule has 1 heterocycles. The second-order valence-electron chi connectivity index (χ2n) is 6.15. The summed E-state index contributed by atoms with van der Waals surface area (Å²) in [7, 11) is -0.0112. The molecule has 1 saturated heterocycles. The molecule has 0 saturated carbocycles. The smallest absolute Gasteiger partial charge is 0.192 e. The highest BCUT2D eigenvalue weighted by Crippen LogP contribution is 2.39. The molecule has 1 unspecified atom stereocenters. The molecule has 0 aromatic carbocycles. The molecule has 3 atom stereocenters. The molecule has 0 spiro atoms. The number of rotatable bonds is 4. The first kappa shape index (κ1) is 15.9. The SMILES string of the molecule is COC1C[C@H](O[Si](C)(C)C(C)(C)C)[C@@H](CI)O1. The van der Waals surface area contributed by atoms with Gasteiger partial charge in [-0.3, -0.25) is 0 Å². The van der Waals surface area contributed by atoms with Crippen molar-refractivity contribution >= 4 is 30.9 Å². The minimum absolute atomic E-state index is 0.0930. The molecule has 0 aromatic rings. The standard InChI is InChI=1S/C12H25IO3Si/c1-12(2,3)17(5,6)16-9-7-11(14-4)15-10(9)8-13/h9-11H,7-8H2,1-6H3/t9-,10+,11?/m0/s1. The Hall–Kier alpha value is 0.827. The molecule has 102 valence electrons. The summed E-state index contributed by atoms with van der Waals surface area (Å²) in [6.45, 7) is 11.4. The van der Waals surface area contributed by atoms with Gasteiger partial charge in [0.05, 0.1) is 12.2 Å². The average molecular weight is 372 g/mol. The van der Waals surface area contributed by atoms with Gasteiger partial charge in [0.25, 0.3) is 0 Å². The highest BCUT2D eigenvalue weighted by Gasteiger charge is 2.44. The van der Waals surface area contributed by atoms with Crippen molar-refractivity contribution in [3.63, 3.8) is 0 Å². The maximum absolute atomic E-state index is 6.43. The van der Waals surface area contributed by atoms with Gasteiger partial charge in [0.1, 0.15) is 0 Å². The molecule has 0 radical (unpaired) electrons. The fraction of sp³-hybridized carbons (Fsp3) is 1.00. The van der Waals surface area contributed by atoms with Gasteiger partial charge in [-0.05, 0) is 18.1 Å². The Morgan fingerprint density at radius 3 is 2.35 bits per heavy atom. The lowest BCUT2D eigenvalue weighted by Gasteiger charge is -2.39. The Labute approximate surface area is 120 Å². The van der Waals surface area contributed by atoms with Gasteiger partial charge >= 0.3 is 0 Å². The Bertz CT molecular complexity index is 253. The van der Waals surface area contributed by atoms with Crippen molar-refractivity contribution in [3.05, 3.63) is 0 Å². The number of halogens is 1. The highest BCUT2D eigenvalue weighted by molar-refractivity contribution is 14.1. The van der Waals surface area contributed by atoms with Crippen molar-refractivity contribution in [2.45, 2.75) is 63.8 Å². The van der Waals surface area contributed by atoms with E-state index in [1.807, 2.05) is 0 Å². The summed E-state index contributed by atoms with van der Waals surface area (Å²) in [5.74, 6) is 0. The lowest BCUT2D eigenvalue weighted by molar-refractivity contribution is -0.110. The zero-order chi connectivity index (χ0) is 13.3. The number of alkyl halides is 1. The van der Waals surface area contributed by atoms with E-state index >= 15 is 0 Å². The molecule has 0 N–H and O–H groups in total. The summed E-state index contributed by atoms with van der Waals surface area (Å²) in [5, 5.41) is 0.244. The summed E-state index contributed by atoms with van der Waals surface area (Å²) in [5.41, 5.74) is 0. The fourth-order valence-electron chi connectivity index (χ4n) is 1.65. The predicted molar refractivity (Wildman–Crippen MR) is 81.2 cm³/mol. The molecule has 5 heteroatoms. The Morgan fingerprint density at radius 2 is 1.94 bits per heavy atom. The first-order chi connectivity index (χ1) is 7.71. The molecular weight excluding hydrogens is 347 g/mol. The molecule has 1 aliphatic heterocycles. The van der Waals surface area contributed by atoms with Gasteiger partial charge in [-0.25, -0.2) is 0 Å². The largest absolute Gasteiger partial charge is 0.411 e. The summed E-state index contributed by atoms with van der Waals surface area (Å²) < 4.78 is 18.5. The maximum atomic E-state index is 6.43. The van der Waals surface area contributed by atoms with Crippen LogP contribution in [0.15, 0.2) is 0 Å². The number of methoxy groups -OCH3 is 1. The Morgan fingerprint density at radius 1 is 1.35 bits per heavy atom. The minimum Gasteiger partial charge on any atom is -0.411 e. The number of ether oxygens (including phenoxy) is 2. The minimum atomic E-state index is -1.71. The van der Waals surface area contributed by atoms with Gasteiger partial charge in [-0.15, -0.1) is 0 Å². The second-order valence-corrected chi connectivity index (χ2v) is 11.8. The predicted octanol–water partition coefficient (Wildman–Crippen LogP) is 3.57. The van der Waals surface area contributed by atoms with E-state index < -0.39 is 8.32 Å². The normalized spacial score (nSPS) is 30.9. The van der Waals surface area contributed by atoms with Crippen LogP contribution in [0.25, 0.3) is 0 Å². The van der Waals surface area contributed by atoms with Gasteiger partial charge in [-0.2, -0.15) is 0 Å². The molecule has 1 rings (SSSR count). The van der Waals surface area contributed by atoms with Gasteiger partial charge < -0.3 is 13.9 Å². The fourth-order valence-corrected chi connectivity index (χ4v) is 3.78. The molecule has 1 fully saturated rings. The lowest BCUT2D eigenvalue weighted by Crippen LogP contribution is -2.46. The number of hydrogen-bond acceptors (Lipinski definition) is 3. The lowest BCUT2D eigenvalue weighted by atomic mass is 10.2. The Kier molecular flexibility index (Phi) is 5.47. The van der Waals surface area contributed by atoms with Crippen LogP contribution in [0.3, 0.4) is 0 Å². The summed E-state index contributed by atoms with van der Waals surface area (Å²) in [6.07, 6.45) is 1.13. The van der Waals surface area contributed by atoms with Crippen LogP contribution in [0.5, 0.6) is 0 Å². The Balaban J connectivity index is 2.67. The van der Waals surface area contributed by atoms with E-state index in [1.165, 1.54) is 0 Å². The second kappa shape index (κ2) is 5.86. The summed E-state index contributed by atoms with van der Waals surface area (Å²) in [4.78, 5) is 0. The van der Waals surface area contributed by atoms with E-state index in [1.54, 1.807) is 7.11 Å². The van der Waals surface area contributed by atoms with Crippen LogP contribution in [0, 0.1) is 0 Å². The van der Waals surface area contributed by atoms with Gasteiger partial charge in [-0.1, -0.05) is 43.4 Å². The highest BCUT2D eigenvalue weighted by atomic mass is 127. The first-order valence-electron chi connectivity index (χ1n) is 6.13. The van der Waals surface area contributed by atoms with Crippen LogP contribution in [0.1, 0.15) is 27.2 Å². The molecule has 0 aromatic heterocycles. The molecular formula is C12H25IO3Si. The van der Waals surface area contributed by atoms with Gasteiger partial charge in [0, 0.05) is 18.0 Å². The molecule has 17 heavy (non-hydrogen) atoms. The van der Waals surface area contributed by atoms with Crippen LogP contribution in [0.4, 0.5) is 0 Å². The quantitative estimate of drug-likeness (QED) is 0.429. The van der Waals surface area contributed by atoms with Crippen molar-refractivity contribution in [3.8, 4) is 0 Å². The molecule has 3 nitrogen and oxygen atoms in total. The van der Waals surface area contributed by atoms with Crippen LogP contribution in [-0.4, -0.2) is 38.4 Å². The van der Waals surface area contributed by atoms with Crippen molar-refractivity contribution in [2.75, 3.05) is 11.5 Å². The zero-order valence-electron chi connectivity index (χ0n) is 11.7. The average Bonchev–Trinajstić information content (AvgIpc) is 2.58. The van der Waals surface area contributed by atoms with Crippen molar-refractivity contribution in [1.82, 2.24) is 0 Å². The molecule has 0 bridgehead atoms. The summed E-state index contributed by atoms with van der Waals surface area (Å²) >= 11 is 2.36. The third-order valence-corrected chi connectivity index (χ3v) is 9.21. The first-order valence-corrected chi connectivity index (χ1v) is 10.6. The van der Waals surface area contributed by atoms with E-state index in [0.29, 0.717) is 0 Å². The third-order valence-electron chi connectivity index (χ3n) is 3.83. The van der Waals surface area contributed by atoms with Gasteiger partial charge in [0.2, 0.25) is 0 Å². The van der Waals surface area contributed by atoms with E-state index in [4.69, 9.17) is 13.9 Å². The number of hydrogen-bond donors (Lipinski definition) is 0. The van der Waals surface area contributed by atoms with Crippen LogP contribution in [0.2, 0.25) is 18.1 Å². The van der Waals surface area contributed by atoms with Gasteiger partial charge in [0.15, 0.2) is 14.6 Å². The van der Waals surface area contributed by atoms with Crippen molar-refractivity contribution < 1.29 is 13.9 Å². The van der Waals surface area contributed by atoms with E-state index in [9.17, 15) is 0 Å². The van der Waals surface area contributed by atoms with Crippen molar-refractivity contribution in [1.29, 1.82) is 0 Å². The van der Waals surface area contributed by atoms with E-state index in [2.05, 4.69) is 56.5 Å². The van der Waals surface area contributed by atoms with E-state index in [0.717, 1.165) is 10.8 Å². The zero-order valence-corrected chi connectivity index (χ0v) is 14.9. The van der Waals surface area contributed by atoms with Crippen LogP contribution >= 0.6 is 22.6 Å². The van der Waals surface area contributed by atoms with Crippen molar-refractivity contribution in [2.24, 2.45) is 0 Å². The molecule has 1 aliphatic rings. The third kappa shape index (κ3) is 3.89. The molecule has 0 aliphatic carbocycles. The molecule has 0 amide bonds. The topological polar surface area (TPSA) is 27.7 Å².